The van der Waals surface area contributed by atoms with Crippen LogP contribution in [0.25, 0.3) is 80.7 Å². The van der Waals surface area contributed by atoms with Crippen LogP contribution < -0.4 is 5.32 Å². The number of rotatable bonds is 5. The molecular formula is C51H32N4OS. The van der Waals surface area contributed by atoms with Crippen molar-refractivity contribution >= 4 is 86.9 Å². The van der Waals surface area contributed by atoms with Crippen molar-refractivity contribution in [1.29, 1.82) is 0 Å². The van der Waals surface area contributed by atoms with Crippen molar-refractivity contribution in [3.8, 4) is 16.8 Å². The number of hydrogen-bond acceptors (Lipinski definition) is 5. The second kappa shape index (κ2) is 12.6. The van der Waals surface area contributed by atoms with Crippen molar-refractivity contribution in [2.75, 3.05) is 0 Å². The second-order valence-corrected chi connectivity index (χ2v) is 15.7. The van der Waals surface area contributed by atoms with Gasteiger partial charge < -0.3 is 14.3 Å². The highest BCUT2D eigenvalue weighted by atomic mass is 32.1. The molecule has 0 saturated heterocycles. The topological polar surface area (TPSA) is 54.8 Å². The van der Waals surface area contributed by atoms with E-state index in [2.05, 4.69) is 186 Å². The molecule has 57 heavy (non-hydrogen) atoms. The smallest absolute Gasteiger partial charge is 0.160 e. The summed E-state index contributed by atoms with van der Waals surface area (Å²) in [6.07, 6.45) is -0.304. The van der Waals surface area contributed by atoms with Crippen molar-refractivity contribution in [3.63, 3.8) is 0 Å². The molecule has 0 saturated carbocycles. The van der Waals surface area contributed by atoms with E-state index in [-0.39, 0.29) is 6.17 Å². The van der Waals surface area contributed by atoms with Gasteiger partial charge in [-0.05, 0) is 83.4 Å². The highest BCUT2D eigenvalue weighted by molar-refractivity contribution is 7.25. The standard InChI is InChI=1S/C51H32N4OS/c1-3-12-31(13-4-1)49-52-50(54-51(53-49)40-18-11-21-47-48(40)39-17-8-10-20-46(39)57-47)34-23-26-38-37-25-22-33(29-44(37)56-45(38)30-34)32-24-27-43-41(28-32)36-16-7-9-19-42(36)55(43)35-14-5-2-6-15-35/h1-30,49H,(H,52,53,54). The molecule has 1 aliphatic heterocycles. The average molecular weight is 749 g/mol. The van der Waals surface area contributed by atoms with Gasteiger partial charge in [0.15, 0.2) is 5.84 Å². The molecule has 11 aromatic rings. The summed E-state index contributed by atoms with van der Waals surface area (Å²) in [6, 6.07) is 64.4. The largest absolute Gasteiger partial charge is 0.456 e. The molecule has 8 aromatic carbocycles. The molecule has 5 nitrogen and oxygen atoms in total. The van der Waals surface area contributed by atoms with E-state index in [9.17, 15) is 0 Å². The van der Waals surface area contributed by atoms with Crippen molar-refractivity contribution in [3.05, 3.63) is 199 Å². The van der Waals surface area contributed by atoms with E-state index in [4.69, 9.17) is 14.4 Å². The zero-order chi connectivity index (χ0) is 37.5. The zero-order valence-electron chi connectivity index (χ0n) is 30.6. The van der Waals surface area contributed by atoms with Crippen LogP contribution in [0.5, 0.6) is 0 Å². The first-order chi connectivity index (χ1) is 28.2. The van der Waals surface area contributed by atoms with Crippen LogP contribution in [0, 0.1) is 0 Å². The quantitative estimate of drug-likeness (QED) is 0.191. The summed E-state index contributed by atoms with van der Waals surface area (Å²) in [4.78, 5) is 10.5. The van der Waals surface area contributed by atoms with Crippen LogP contribution in [0.3, 0.4) is 0 Å². The van der Waals surface area contributed by atoms with Crippen molar-refractivity contribution < 1.29 is 4.42 Å². The van der Waals surface area contributed by atoms with E-state index in [1.807, 2.05) is 6.07 Å². The fraction of sp³-hybridized carbons (Fsp3) is 0.0196. The summed E-state index contributed by atoms with van der Waals surface area (Å²) in [5.41, 5.74) is 10.5. The highest BCUT2D eigenvalue weighted by Crippen LogP contribution is 2.39. The Bertz CT molecular complexity index is 3450. The fourth-order valence-corrected chi connectivity index (χ4v) is 9.73. The SMILES string of the molecule is c1ccc(C2N=C(c3cccc4sc5ccccc5c34)N=C(c3ccc4c(c3)oc3cc(-c5ccc6c(c5)c5ccccc5n6-c5ccccc5)ccc34)N2)cc1. The Labute approximate surface area is 331 Å². The molecule has 12 rings (SSSR count). The molecule has 4 heterocycles. The normalized spacial score (nSPS) is 14.5. The Kier molecular flexibility index (Phi) is 7.09. The first kappa shape index (κ1) is 32.0. The number of para-hydroxylation sites is 2. The maximum Gasteiger partial charge on any atom is 0.160 e. The first-order valence-electron chi connectivity index (χ1n) is 19.2. The Morgan fingerprint density at radius 3 is 2.00 bits per heavy atom. The molecule has 0 radical (unpaired) electrons. The van der Waals surface area contributed by atoms with Gasteiger partial charge in [-0.1, -0.05) is 115 Å². The summed E-state index contributed by atoms with van der Waals surface area (Å²) in [5, 5.41) is 10.7. The molecule has 0 fully saturated rings. The number of thiophene rings is 1. The van der Waals surface area contributed by atoms with E-state index < -0.39 is 0 Å². The highest BCUT2D eigenvalue weighted by Gasteiger charge is 2.24. The Hall–Kier alpha value is -7.28. The van der Waals surface area contributed by atoms with Crippen LogP contribution in [0.2, 0.25) is 0 Å². The fourth-order valence-electron chi connectivity index (χ4n) is 8.59. The molecule has 268 valence electrons. The maximum atomic E-state index is 6.67. The third-order valence-corrected chi connectivity index (χ3v) is 12.4. The van der Waals surface area contributed by atoms with Crippen molar-refractivity contribution in [2.24, 2.45) is 9.98 Å². The number of fused-ring (bicyclic) bond motifs is 9. The third kappa shape index (κ3) is 5.15. The van der Waals surface area contributed by atoms with Gasteiger partial charge in [-0.15, -0.1) is 11.3 Å². The number of amidine groups is 2. The number of benzene rings is 8. The van der Waals surface area contributed by atoms with Crippen LogP contribution in [-0.2, 0) is 0 Å². The zero-order valence-corrected chi connectivity index (χ0v) is 31.4. The van der Waals surface area contributed by atoms with Gasteiger partial charge in [-0.3, -0.25) is 0 Å². The molecule has 1 aliphatic rings. The van der Waals surface area contributed by atoms with Crippen LogP contribution in [0.1, 0.15) is 22.9 Å². The Morgan fingerprint density at radius 2 is 1.16 bits per heavy atom. The van der Waals surface area contributed by atoms with E-state index in [0.29, 0.717) is 5.84 Å². The van der Waals surface area contributed by atoms with Gasteiger partial charge >= 0.3 is 0 Å². The summed E-state index contributed by atoms with van der Waals surface area (Å²) in [7, 11) is 0. The summed E-state index contributed by atoms with van der Waals surface area (Å²) in [6.45, 7) is 0. The average Bonchev–Trinajstić information content (AvgIpc) is 3.95. The molecule has 0 aliphatic carbocycles. The van der Waals surface area contributed by atoms with Crippen LogP contribution in [0.4, 0.5) is 0 Å². The van der Waals surface area contributed by atoms with Gasteiger partial charge in [0.25, 0.3) is 0 Å². The second-order valence-electron chi connectivity index (χ2n) is 14.6. The monoisotopic (exact) mass is 748 g/mol. The van der Waals surface area contributed by atoms with Crippen molar-refractivity contribution in [1.82, 2.24) is 9.88 Å². The lowest BCUT2D eigenvalue weighted by Gasteiger charge is -2.24. The van der Waals surface area contributed by atoms with Gasteiger partial charge in [0, 0.05) is 58.5 Å². The lowest BCUT2D eigenvalue weighted by Crippen LogP contribution is -2.33. The lowest BCUT2D eigenvalue weighted by molar-refractivity contribution is 0.666. The summed E-state index contributed by atoms with van der Waals surface area (Å²) in [5.74, 6) is 1.47. The lowest BCUT2D eigenvalue weighted by atomic mass is 10.0. The first-order valence-corrected chi connectivity index (χ1v) is 20.0. The molecule has 1 unspecified atom stereocenters. The van der Waals surface area contributed by atoms with Crippen LogP contribution >= 0.6 is 11.3 Å². The van der Waals surface area contributed by atoms with Crippen LogP contribution in [-0.4, -0.2) is 16.2 Å². The molecular weight excluding hydrogens is 717 g/mol. The number of aliphatic imine (C=N–C) groups is 2. The number of nitrogens with zero attached hydrogens (tertiary/aromatic N) is 3. The molecule has 1 N–H and O–H groups in total. The number of aromatic nitrogens is 1. The van der Waals surface area contributed by atoms with E-state index in [0.717, 1.165) is 61.3 Å². The third-order valence-electron chi connectivity index (χ3n) is 11.3. The predicted octanol–water partition coefficient (Wildman–Crippen LogP) is 13.2. The van der Waals surface area contributed by atoms with Gasteiger partial charge in [-0.2, -0.15) is 0 Å². The summed E-state index contributed by atoms with van der Waals surface area (Å²) < 4.78 is 11.5. The van der Waals surface area contributed by atoms with Crippen LogP contribution in [0.15, 0.2) is 196 Å². The number of nitrogens with one attached hydrogen (secondary N) is 1. The molecule has 1 atom stereocenters. The van der Waals surface area contributed by atoms with Gasteiger partial charge in [0.05, 0.1) is 11.0 Å². The van der Waals surface area contributed by atoms with E-state index >= 15 is 0 Å². The summed E-state index contributed by atoms with van der Waals surface area (Å²) >= 11 is 1.81. The number of furan rings is 1. The van der Waals surface area contributed by atoms with Gasteiger partial charge in [0.1, 0.15) is 23.2 Å². The van der Waals surface area contributed by atoms with Gasteiger partial charge in [-0.25, -0.2) is 9.98 Å². The number of hydrogen-bond donors (Lipinski definition) is 1. The minimum Gasteiger partial charge on any atom is -0.456 e. The minimum atomic E-state index is -0.304. The molecule has 0 spiro atoms. The maximum absolute atomic E-state index is 6.67. The van der Waals surface area contributed by atoms with Crippen molar-refractivity contribution in [2.45, 2.75) is 6.17 Å². The Balaban J connectivity index is 0.954. The van der Waals surface area contributed by atoms with Gasteiger partial charge in [0.2, 0.25) is 0 Å². The van der Waals surface area contributed by atoms with E-state index in [1.165, 1.54) is 42.0 Å². The molecule has 6 heteroatoms. The van der Waals surface area contributed by atoms with E-state index in [1.54, 1.807) is 11.3 Å². The molecule has 3 aromatic heterocycles. The predicted molar refractivity (Wildman–Crippen MR) is 238 cm³/mol. The molecule has 0 amide bonds. The Morgan fingerprint density at radius 1 is 0.509 bits per heavy atom. The minimum absolute atomic E-state index is 0.304. The molecule has 0 bridgehead atoms.